The number of nitro groups is 1. The topological polar surface area (TPSA) is 83.0 Å². The molecule has 1 unspecified atom stereocenters. The molecule has 0 radical (unpaired) electrons. The molecule has 0 amide bonds. The largest absolute Gasteiger partial charge is 0.336 e. The van der Waals surface area contributed by atoms with E-state index in [0.29, 0.717) is 27.4 Å². The van der Waals surface area contributed by atoms with Crippen molar-refractivity contribution in [2.24, 2.45) is 14.1 Å². The Morgan fingerprint density at radius 3 is 2.32 bits per heavy atom. The Morgan fingerprint density at radius 2 is 1.70 bits per heavy atom. The van der Waals surface area contributed by atoms with Gasteiger partial charge in [-0.25, -0.2) is 4.98 Å². The second-order valence-corrected chi connectivity index (χ2v) is 9.50. The number of rotatable bonds is 5. The van der Waals surface area contributed by atoms with E-state index in [1.807, 2.05) is 36.4 Å². The van der Waals surface area contributed by atoms with Gasteiger partial charge in [0.1, 0.15) is 4.87 Å². The number of nitrogens with zero attached hydrogens (tertiary/aromatic N) is 4. The summed E-state index contributed by atoms with van der Waals surface area (Å²) in [7, 11) is 3.49. The monoisotopic (exact) mass is 554 g/mol. The molecule has 2 aromatic heterocycles. The third-order valence-corrected chi connectivity index (χ3v) is 7.24. The Hall–Kier alpha value is -3.65. The van der Waals surface area contributed by atoms with Crippen molar-refractivity contribution in [3.8, 4) is 11.1 Å². The number of halogens is 3. The summed E-state index contributed by atoms with van der Waals surface area (Å²) in [6.07, 6.45) is 3.20. The number of non-ortho nitro benzene ring substituents is 1. The number of fused-ring (bicyclic) bond motifs is 1. The lowest BCUT2D eigenvalue weighted by atomic mass is 9.82. The summed E-state index contributed by atoms with van der Waals surface area (Å²) in [6.45, 7) is 0. The Bertz CT molecular complexity index is 1700. The zero-order chi connectivity index (χ0) is 25.6. The first kappa shape index (κ1) is 26.4. The lowest BCUT2D eigenvalue weighted by Gasteiger charge is -2.31. The number of nitro benzene ring substituents is 1. The summed E-state index contributed by atoms with van der Waals surface area (Å²) >= 11 is 14.0. The number of para-hydroxylation sites is 1. The molecule has 1 atom stereocenters. The van der Waals surface area contributed by atoms with E-state index in [2.05, 4.69) is 4.98 Å². The van der Waals surface area contributed by atoms with Crippen LogP contribution in [0, 0.1) is 10.1 Å². The number of aromatic nitrogens is 3. The molecule has 37 heavy (non-hydrogen) atoms. The molecule has 7 nitrogen and oxygen atoms in total. The zero-order valence-corrected chi connectivity index (χ0v) is 22.1. The van der Waals surface area contributed by atoms with Crippen LogP contribution in [0.15, 0.2) is 90.1 Å². The van der Waals surface area contributed by atoms with Gasteiger partial charge >= 0.3 is 0 Å². The first-order valence-corrected chi connectivity index (χ1v) is 11.8. The highest BCUT2D eigenvalue weighted by atomic mass is 35.5. The number of benzene rings is 3. The fourth-order valence-corrected chi connectivity index (χ4v) is 5.36. The Kier molecular flexibility index (Phi) is 7.15. The van der Waals surface area contributed by atoms with Crippen LogP contribution < -0.4 is 5.56 Å². The van der Waals surface area contributed by atoms with Crippen molar-refractivity contribution in [3.05, 3.63) is 128 Å². The molecule has 0 aliphatic rings. The normalized spacial score (nSPS) is 12.6. The van der Waals surface area contributed by atoms with E-state index >= 15 is 0 Å². The molecule has 5 rings (SSSR count). The van der Waals surface area contributed by atoms with Crippen LogP contribution >= 0.6 is 35.6 Å². The number of aryl methyl sites for hydroxylation is 2. The fourth-order valence-electron chi connectivity index (χ4n) is 4.68. The molecule has 0 N–H and O–H groups in total. The molecular formula is C27H21Cl3N4O3. The second-order valence-electron chi connectivity index (χ2n) is 8.49. The van der Waals surface area contributed by atoms with Gasteiger partial charge in [0.2, 0.25) is 0 Å². The van der Waals surface area contributed by atoms with E-state index in [4.69, 9.17) is 23.2 Å². The van der Waals surface area contributed by atoms with Crippen molar-refractivity contribution in [1.29, 1.82) is 0 Å². The van der Waals surface area contributed by atoms with Gasteiger partial charge in [0.05, 0.1) is 34.2 Å². The molecule has 10 heteroatoms. The van der Waals surface area contributed by atoms with Gasteiger partial charge in [-0.3, -0.25) is 14.9 Å². The van der Waals surface area contributed by atoms with Crippen LogP contribution in [0.25, 0.3) is 22.0 Å². The minimum Gasteiger partial charge on any atom is -0.336 e. The van der Waals surface area contributed by atoms with Crippen LogP contribution in [0.5, 0.6) is 0 Å². The molecule has 3 aromatic carbocycles. The maximum atomic E-state index is 14.2. The Morgan fingerprint density at radius 1 is 1.00 bits per heavy atom. The highest BCUT2D eigenvalue weighted by Gasteiger charge is 2.42. The quantitative estimate of drug-likeness (QED) is 0.142. The molecule has 0 aliphatic heterocycles. The van der Waals surface area contributed by atoms with Crippen molar-refractivity contribution in [2.75, 3.05) is 0 Å². The molecule has 2 heterocycles. The van der Waals surface area contributed by atoms with Crippen molar-refractivity contribution in [3.63, 3.8) is 0 Å². The van der Waals surface area contributed by atoms with Gasteiger partial charge < -0.3 is 9.13 Å². The number of pyridine rings is 1. The van der Waals surface area contributed by atoms with Gasteiger partial charge in [0.25, 0.3) is 11.2 Å². The van der Waals surface area contributed by atoms with Crippen LogP contribution in [0.1, 0.15) is 16.8 Å². The third-order valence-electron chi connectivity index (χ3n) is 6.41. The van der Waals surface area contributed by atoms with E-state index in [-0.39, 0.29) is 23.7 Å². The number of hydrogen-bond acceptors (Lipinski definition) is 4. The van der Waals surface area contributed by atoms with Crippen LogP contribution in [0.3, 0.4) is 0 Å². The first-order valence-electron chi connectivity index (χ1n) is 11.0. The SMILES string of the molecule is Cl.Cn1cncc1C(Cl)(c1ccc([N+](=O)[O-])cc1)c1c(-c2cccc(Cl)c2)c2ccccc2n(C)c1=O. The Labute approximate surface area is 228 Å². The van der Waals surface area contributed by atoms with Crippen molar-refractivity contribution < 1.29 is 4.92 Å². The van der Waals surface area contributed by atoms with Crippen molar-refractivity contribution in [1.82, 2.24) is 14.1 Å². The lowest BCUT2D eigenvalue weighted by Crippen LogP contribution is -2.36. The second kappa shape index (κ2) is 10.0. The predicted octanol–water partition coefficient (Wildman–Crippen LogP) is 6.45. The maximum absolute atomic E-state index is 14.2. The van der Waals surface area contributed by atoms with Crippen molar-refractivity contribution >= 4 is 52.2 Å². The summed E-state index contributed by atoms with van der Waals surface area (Å²) in [5.41, 5.74) is 3.02. The van der Waals surface area contributed by atoms with Crippen molar-refractivity contribution in [2.45, 2.75) is 4.87 Å². The molecule has 0 aliphatic carbocycles. The maximum Gasteiger partial charge on any atom is 0.269 e. The molecule has 0 saturated heterocycles. The van der Waals surface area contributed by atoms with Gasteiger partial charge in [-0.2, -0.15) is 0 Å². The summed E-state index contributed by atoms with van der Waals surface area (Å²) in [4.78, 5) is 27.7. The van der Waals surface area contributed by atoms with Crippen LogP contribution in [0.2, 0.25) is 5.02 Å². The summed E-state index contributed by atoms with van der Waals surface area (Å²) < 4.78 is 3.31. The van der Waals surface area contributed by atoms with Crippen LogP contribution in [-0.2, 0) is 19.0 Å². The molecule has 0 bridgehead atoms. The standard InChI is InChI=1S/C27H20Cl2N4O3.ClH/c1-31-16-30-15-23(31)27(29,18-10-12-20(13-11-18)33(35)36)25-24(17-6-5-7-19(28)14-17)21-8-3-4-9-22(21)32(2)26(25)34;/h3-16H,1-2H3;1H. The third kappa shape index (κ3) is 4.29. The van der Waals surface area contributed by atoms with Gasteiger partial charge in [0.15, 0.2) is 0 Å². The van der Waals surface area contributed by atoms with Gasteiger partial charge in [-0.15, -0.1) is 24.0 Å². The van der Waals surface area contributed by atoms with E-state index in [9.17, 15) is 14.9 Å². The average molecular weight is 556 g/mol. The molecular weight excluding hydrogens is 535 g/mol. The zero-order valence-electron chi connectivity index (χ0n) is 19.8. The minimum absolute atomic E-state index is 0. The van der Waals surface area contributed by atoms with Gasteiger partial charge in [0, 0.05) is 42.2 Å². The fraction of sp³-hybridized carbons (Fsp3) is 0.111. The first-order chi connectivity index (χ1) is 17.2. The minimum atomic E-state index is -1.53. The van der Waals surface area contributed by atoms with E-state index in [0.717, 1.165) is 16.5 Å². The predicted molar refractivity (Wildman–Crippen MR) is 149 cm³/mol. The summed E-state index contributed by atoms with van der Waals surface area (Å²) in [5.74, 6) is 0. The summed E-state index contributed by atoms with van der Waals surface area (Å²) in [6, 6.07) is 20.8. The van der Waals surface area contributed by atoms with E-state index in [1.54, 1.807) is 60.0 Å². The average Bonchev–Trinajstić information content (AvgIpc) is 3.32. The number of hydrogen-bond donors (Lipinski definition) is 0. The van der Waals surface area contributed by atoms with Gasteiger partial charge in [-0.05, 0) is 41.5 Å². The molecule has 188 valence electrons. The Balaban J connectivity index is 0.00000320. The molecule has 0 saturated carbocycles. The van der Waals surface area contributed by atoms with E-state index < -0.39 is 9.80 Å². The highest BCUT2D eigenvalue weighted by Crippen LogP contribution is 2.47. The van der Waals surface area contributed by atoms with E-state index in [1.165, 1.54) is 12.1 Å². The highest BCUT2D eigenvalue weighted by molar-refractivity contribution is 6.31. The lowest BCUT2D eigenvalue weighted by molar-refractivity contribution is -0.384. The molecule has 5 aromatic rings. The smallest absolute Gasteiger partial charge is 0.269 e. The molecule has 0 fully saturated rings. The van der Waals surface area contributed by atoms with Crippen LogP contribution in [0.4, 0.5) is 5.69 Å². The summed E-state index contributed by atoms with van der Waals surface area (Å²) in [5, 5.41) is 12.6. The van der Waals surface area contributed by atoms with Crippen LogP contribution in [-0.4, -0.2) is 19.0 Å². The van der Waals surface area contributed by atoms with Gasteiger partial charge in [-0.1, -0.05) is 41.9 Å². The number of imidazole rings is 1. The molecule has 0 spiro atoms. The number of alkyl halides is 1.